The minimum Gasteiger partial charge on any atom is -0.383 e. The van der Waals surface area contributed by atoms with Crippen LogP contribution < -0.4 is 5.73 Å². The summed E-state index contributed by atoms with van der Waals surface area (Å²) < 4.78 is 4.88. The molecule has 0 bridgehead atoms. The fraction of sp³-hybridized carbons (Fsp3) is 0.750. The summed E-state index contributed by atoms with van der Waals surface area (Å²) in [5, 5.41) is 0. The number of nitrogens with two attached hydrogens (primary N) is 1. The lowest BCUT2D eigenvalue weighted by atomic mass is 10.1. The van der Waals surface area contributed by atoms with E-state index in [1.165, 1.54) is 0 Å². The molecule has 0 radical (unpaired) electrons. The van der Waals surface area contributed by atoms with Crippen LogP contribution in [0.5, 0.6) is 0 Å². The second-order valence-corrected chi connectivity index (χ2v) is 2.44. The maximum Gasteiger partial charge on any atom is 0.0613 e. The third-order valence-corrected chi connectivity index (χ3v) is 1.36. The zero-order valence-electron chi connectivity index (χ0n) is 6.68. The zero-order chi connectivity index (χ0) is 7.82. The Hall–Kier alpha value is -0.340. The third-order valence-electron chi connectivity index (χ3n) is 1.36. The Bertz CT molecular complexity index is 83.3. The molecule has 2 nitrogen and oxygen atoms in total. The lowest BCUT2D eigenvalue weighted by Gasteiger charge is -2.07. The molecule has 0 fully saturated rings. The van der Waals surface area contributed by atoms with E-state index in [-0.39, 0.29) is 6.04 Å². The van der Waals surface area contributed by atoms with Crippen molar-refractivity contribution >= 4 is 0 Å². The first kappa shape index (κ1) is 9.66. The van der Waals surface area contributed by atoms with Crippen LogP contribution in [0.25, 0.3) is 0 Å². The molecule has 0 aliphatic heterocycles. The van der Waals surface area contributed by atoms with Gasteiger partial charge in [0.15, 0.2) is 0 Å². The average molecular weight is 143 g/mol. The lowest BCUT2D eigenvalue weighted by molar-refractivity contribution is 0.176. The fourth-order valence-electron chi connectivity index (χ4n) is 0.822. The second kappa shape index (κ2) is 6.78. The molecular weight excluding hydrogens is 126 g/mol. The van der Waals surface area contributed by atoms with E-state index in [4.69, 9.17) is 10.5 Å². The number of unbranched alkanes of at least 4 members (excludes halogenated alkanes) is 1. The van der Waals surface area contributed by atoms with Crippen LogP contribution in [0, 0.1) is 0 Å². The van der Waals surface area contributed by atoms with Crippen molar-refractivity contribution in [3.63, 3.8) is 0 Å². The van der Waals surface area contributed by atoms with E-state index in [1.54, 1.807) is 7.11 Å². The van der Waals surface area contributed by atoms with E-state index in [0.29, 0.717) is 6.61 Å². The first-order chi connectivity index (χ1) is 4.81. The molecule has 1 unspecified atom stereocenters. The highest BCUT2D eigenvalue weighted by Gasteiger charge is 1.98. The van der Waals surface area contributed by atoms with Gasteiger partial charge in [-0.2, -0.15) is 0 Å². The molecule has 2 heteroatoms. The van der Waals surface area contributed by atoms with Crippen LogP contribution in [0.1, 0.15) is 19.3 Å². The Kier molecular flexibility index (Phi) is 6.55. The minimum atomic E-state index is 0.199. The summed E-state index contributed by atoms with van der Waals surface area (Å²) >= 11 is 0. The standard InChI is InChI=1S/C8H17NO/c1-3-4-5-6-8(9)7-10-2/h3,8H,1,4-7,9H2,2H3. The first-order valence-corrected chi connectivity index (χ1v) is 3.66. The van der Waals surface area contributed by atoms with Gasteiger partial charge in [0.2, 0.25) is 0 Å². The average Bonchev–Trinajstić information content (AvgIpc) is 1.89. The van der Waals surface area contributed by atoms with Crippen molar-refractivity contribution < 1.29 is 4.74 Å². The molecular formula is C8H17NO. The highest BCUT2D eigenvalue weighted by molar-refractivity contribution is 4.68. The van der Waals surface area contributed by atoms with E-state index in [0.717, 1.165) is 19.3 Å². The zero-order valence-corrected chi connectivity index (χ0v) is 6.68. The van der Waals surface area contributed by atoms with Gasteiger partial charge in [-0.25, -0.2) is 0 Å². The Labute approximate surface area is 63.1 Å². The van der Waals surface area contributed by atoms with Gasteiger partial charge in [0, 0.05) is 13.2 Å². The first-order valence-electron chi connectivity index (χ1n) is 3.66. The normalized spacial score (nSPS) is 13.0. The quantitative estimate of drug-likeness (QED) is 0.449. The number of methoxy groups -OCH3 is 1. The fourth-order valence-corrected chi connectivity index (χ4v) is 0.822. The van der Waals surface area contributed by atoms with Gasteiger partial charge in [-0.1, -0.05) is 6.08 Å². The van der Waals surface area contributed by atoms with Crippen molar-refractivity contribution in [2.45, 2.75) is 25.3 Å². The molecule has 0 rings (SSSR count). The van der Waals surface area contributed by atoms with Crippen LogP contribution in [-0.2, 0) is 4.74 Å². The van der Waals surface area contributed by atoms with Gasteiger partial charge in [0.1, 0.15) is 0 Å². The van der Waals surface area contributed by atoms with E-state index in [9.17, 15) is 0 Å². The van der Waals surface area contributed by atoms with Crippen LogP contribution in [0.3, 0.4) is 0 Å². The molecule has 1 atom stereocenters. The maximum atomic E-state index is 5.67. The van der Waals surface area contributed by atoms with Crippen LogP contribution in [0.4, 0.5) is 0 Å². The largest absolute Gasteiger partial charge is 0.383 e. The van der Waals surface area contributed by atoms with Crippen LogP contribution in [0.2, 0.25) is 0 Å². The van der Waals surface area contributed by atoms with E-state index in [2.05, 4.69) is 6.58 Å². The van der Waals surface area contributed by atoms with Crippen molar-refractivity contribution in [1.82, 2.24) is 0 Å². The van der Waals surface area contributed by atoms with E-state index >= 15 is 0 Å². The number of ether oxygens (including phenoxy) is 1. The molecule has 0 saturated heterocycles. The molecule has 0 aromatic carbocycles. The van der Waals surface area contributed by atoms with E-state index < -0.39 is 0 Å². The van der Waals surface area contributed by atoms with Gasteiger partial charge in [-0.05, 0) is 19.3 Å². The van der Waals surface area contributed by atoms with Gasteiger partial charge in [-0.3, -0.25) is 0 Å². The molecule has 0 spiro atoms. The second-order valence-electron chi connectivity index (χ2n) is 2.44. The molecule has 0 heterocycles. The lowest BCUT2D eigenvalue weighted by Crippen LogP contribution is -2.25. The number of rotatable bonds is 6. The summed E-state index contributed by atoms with van der Waals surface area (Å²) in [6.07, 6.45) is 5.12. The van der Waals surface area contributed by atoms with Gasteiger partial charge in [-0.15, -0.1) is 6.58 Å². The number of allylic oxidation sites excluding steroid dienone is 1. The molecule has 60 valence electrons. The Morgan fingerprint density at radius 2 is 2.40 bits per heavy atom. The highest BCUT2D eigenvalue weighted by atomic mass is 16.5. The Morgan fingerprint density at radius 3 is 2.90 bits per heavy atom. The predicted octanol–water partition coefficient (Wildman–Crippen LogP) is 1.32. The summed E-state index contributed by atoms with van der Waals surface area (Å²) in [6, 6.07) is 0.199. The van der Waals surface area contributed by atoms with Gasteiger partial charge >= 0.3 is 0 Å². The van der Waals surface area contributed by atoms with Crippen molar-refractivity contribution in [3.8, 4) is 0 Å². The topological polar surface area (TPSA) is 35.2 Å². The minimum absolute atomic E-state index is 0.199. The summed E-state index contributed by atoms with van der Waals surface area (Å²) in [5.41, 5.74) is 5.67. The number of hydrogen-bond donors (Lipinski definition) is 1. The van der Waals surface area contributed by atoms with Gasteiger partial charge < -0.3 is 10.5 Å². The summed E-state index contributed by atoms with van der Waals surface area (Å²) in [6.45, 7) is 4.30. The molecule has 2 N–H and O–H groups in total. The van der Waals surface area contributed by atoms with Gasteiger partial charge in [0.25, 0.3) is 0 Å². The van der Waals surface area contributed by atoms with Crippen molar-refractivity contribution in [3.05, 3.63) is 12.7 Å². The van der Waals surface area contributed by atoms with Crippen molar-refractivity contribution in [2.75, 3.05) is 13.7 Å². The number of hydrogen-bond acceptors (Lipinski definition) is 2. The Morgan fingerprint density at radius 1 is 1.70 bits per heavy atom. The molecule has 0 saturated carbocycles. The smallest absolute Gasteiger partial charge is 0.0613 e. The summed E-state index contributed by atoms with van der Waals surface area (Å²) in [4.78, 5) is 0. The molecule has 0 aromatic rings. The predicted molar refractivity (Wildman–Crippen MR) is 43.9 cm³/mol. The third kappa shape index (κ3) is 5.79. The Balaban J connectivity index is 3.04. The van der Waals surface area contributed by atoms with Crippen LogP contribution in [0.15, 0.2) is 12.7 Å². The molecule has 0 aliphatic rings. The van der Waals surface area contributed by atoms with E-state index in [1.807, 2.05) is 6.08 Å². The molecule has 0 aromatic heterocycles. The maximum absolute atomic E-state index is 5.67. The summed E-state index contributed by atoms with van der Waals surface area (Å²) in [5.74, 6) is 0. The highest BCUT2D eigenvalue weighted by Crippen LogP contribution is 1.98. The van der Waals surface area contributed by atoms with Crippen molar-refractivity contribution in [2.24, 2.45) is 5.73 Å². The monoisotopic (exact) mass is 143 g/mol. The molecule has 10 heavy (non-hydrogen) atoms. The van der Waals surface area contributed by atoms with Crippen molar-refractivity contribution in [1.29, 1.82) is 0 Å². The van der Waals surface area contributed by atoms with Crippen LogP contribution in [-0.4, -0.2) is 19.8 Å². The van der Waals surface area contributed by atoms with Gasteiger partial charge in [0.05, 0.1) is 6.61 Å². The van der Waals surface area contributed by atoms with Crippen LogP contribution >= 0.6 is 0 Å². The summed E-state index contributed by atoms with van der Waals surface area (Å²) in [7, 11) is 1.67. The molecule has 0 aliphatic carbocycles. The SMILES string of the molecule is C=CCCCC(N)COC. The molecule has 0 amide bonds.